The Morgan fingerprint density at radius 3 is 2.63 bits per heavy atom. The fourth-order valence-corrected chi connectivity index (χ4v) is 2.25. The van der Waals surface area contributed by atoms with E-state index in [1.165, 1.54) is 0 Å². The zero-order valence-corrected chi connectivity index (χ0v) is 11.1. The molecule has 2 heterocycles. The zero-order valence-electron chi connectivity index (χ0n) is 11.1. The van der Waals surface area contributed by atoms with Gasteiger partial charge in [0.05, 0.1) is 4.92 Å². The lowest BCUT2D eigenvalue weighted by molar-refractivity contribution is -0.385. The summed E-state index contributed by atoms with van der Waals surface area (Å²) in [5.41, 5.74) is 5.76. The van der Waals surface area contributed by atoms with Crippen molar-refractivity contribution in [3.63, 3.8) is 0 Å². The minimum atomic E-state index is -0.466. The standard InChI is InChI=1S/C11H18N6O2/c1-7-9(17(18)19)10(15-11(12)13-7)14-8-3-5-16(2)6-4-8/h8H,3-6H2,1-2H3,(H3,12,13,14,15). The van der Waals surface area contributed by atoms with Gasteiger partial charge < -0.3 is 16.0 Å². The topological polar surface area (TPSA) is 110 Å². The Labute approximate surface area is 111 Å². The smallest absolute Gasteiger partial charge is 0.332 e. The molecule has 0 aliphatic carbocycles. The number of hydrogen-bond donors (Lipinski definition) is 2. The van der Waals surface area contributed by atoms with Crippen LogP contribution in [0.2, 0.25) is 0 Å². The number of nitro groups is 1. The van der Waals surface area contributed by atoms with Gasteiger partial charge in [0.1, 0.15) is 5.69 Å². The van der Waals surface area contributed by atoms with Gasteiger partial charge in [-0.2, -0.15) is 4.98 Å². The van der Waals surface area contributed by atoms with Crippen LogP contribution in [-0.2, 0) is 0 Å². The largest absolute Gasteiger partial charge is 0.368 e. The van der Waals surface area contributed by atoms with Crippen LogP contribution in [0, 0.1) is 17.0 Å². The molecule has 0 spiro atoms. The first-order valence-electron chi connectivity index (χ1n) is 6.21. The average Bonchev–Trinajstić information content (AvgIpc) is 2.30. The summed E-state index contributed by atoms with van der Waals surface area (Å²) in [7, 11) is 2.06. The Morgan fingerprint density at radius 1 is 1.42 bits per heavy atom. The number of nitrogens with zero attached hydrogens (tertiary/aromatic N) is 4. The van der Waals surface area contributed by atoms with Crippen LogP contribution in [0.25, 0.3) is 0 Å². The molecule has 104 valence electrons. The van der Waals surface area contributed by atoms with E-state index in [0.29, 0.717) is 0 Å². The summed E-state index contributed by atoms with van der Waals surface area (Å²) in [6.07, 6.45) is 1.85. The van der Waals surface area contributed by atoms with Crippen LogP contribution in [0.5, 0.6) is 0 Å². The molecule has 1 fully saturated rings. The average molecular weight is 266 g/mol. The van der Waals surface area contributed by atoms with Crippen molar-refractivity contribution in [1.82, 2.24) is 14.9 Å². The molecular formula is C11H18N6O2. The molecule has 0 saturated carbocycles. The summed E-state index contributed by atoms with van der Waals surface area (Å²) in [5, 5.41) is 14.2. The van der Waals surface area contributed by atoms with E-state index in [1.807, 2.05) is 0 Å². The number of rotatable bonds is 3. The van der Waals surface area contributed by atoms with Crippen molar-refractivity contribution < 1.29 is 4.92 Å². The van der Waals surface area contributed by atoms with Gasteiger partial charge in [0.25, 0.3) is 0 Å². The molecule has 0 amide bonds. The maximum atomic E-state index is 11.1. The zero-order chi connectivity index (χ0) is 14.0. The van der Waals surface area contributed by atoms with E-state index in [0.717, 1.165) is 25.9 Å². The monoisotopic (exact) mass is 266 g/mol. The molecule has 0 aromatic carbocycles. The molecule has 8 nitrogen and oxygen atoms in total. The van der Waals surface area contributed by atoms with E-state index in [1.54, 1.807) is 6.92 Å². The van der Waals surface area contributed by atoms with E-state index in [-0.39, 0.29) is 29.2 Å². The Balaban J connectivity index is 2.21. The van der Waals surface area contributed by atoms with Gasteiger partial charge in [-0.25, -0.2) is 4.98 Å². The fourth-order valence-electron chi connectivity index (χ4n) is 2.25. The van der Waals surface area contributed by atoms with Crippen LogP contribution in [0.1, 0.15) is 18.5 Å². The minimum Gasteiger partial charge on any atom is -0.368 e. The van der Waals surface area contributed by atoms with Gasteiger partial charge in [-0.3, -0.25) is 10.1 Å². The number of aromatic nitrogens is 2. The fraction of sp³-hybridized carbons (Fsp3) is 0.636. The normalized spacial score (nSPS) is 17.4. The van der Waals surface area contributed by atoms with Gasteiger partial charge in [-0.1, -0.05) is 0 Å². The Bertz CT molecular complexity index is 484. The second kappa shape index (κ2) is 5.35. The first-order valence-corrected chi connectivity index (χ1v) is 6.21. The number of piperidine rings is 1. The molecule has 8 heteroatoms. The molecule has 0 atom stereocenters. The Hall–Kier alpha value is -1.96. The number of likely N-dealkylation sites (tertiary alicyclic amines) is 1. The summed E-state index contributed by atoms with van der Waals surface area (Å²) in [6, 6.07) is 0.184. The second-order valence-corrected chi connectivity index (χ2v) is 4.84. The molecule has 1 aliphatic rings. The van der Waals surface area contributed by atoms with Crippen molar-refractivity contribution in [2.24, 2.45) is 0 Å². The SMILES string of the molecule is Cc1nc(N)nc(NC2CCN(C)CC2)c1[N+](=O)[O-]. The molecular weight excluding hydrogens is 248 g/mol. The quantitative estimate of drug-likeness (QED) is 0.614. The van der Waals surface area contributed by atoms with Gasteiger partial charge in [0, 0.05) is 6.04 Å². The lowest BCUT2D eigenvalue weighted by Gasteiger charge is -2.29. The first-order chi connectivity index (χ1) is 8.97. The van der Waals surface area contributed by atoms with Crippen molar-refractivity contribution >= 4 is 17.5 Å². The van der Waals surface area contributed by atoms with E-state index < -0.39 is 4.92 Å². The van der Waals surface area contributed by atoms with E-state index in [9.17, 15) is 10.1 Å². The highest BCUT2D eigenvalue weighted by molar-refractivity contribution is 5.60. The highest BCUT2D eigenvalue weighted by Crippen LogP contribution is 2.27. The van der Waals surface area contributed by atoms with Gasteiger partial charge in [-0.15, -0.1) is 0 Å². The van der Waals surface area contributed by atoms with Crippen LogP contribution in [0.15, 0.2) is 0 Å². The van der Waals surface area contributed by atoms with E-state index in [2.05, 4.69) is 27.2 Å². The highest BCUT2D eigenvalue weighted by atomic mass is 16.6. The van der Waals surface area contributed by atoms with E-state index >= 15 is 0 Å². The predicted octanol–water partition coefficient (Wildman–Crippen LogP) is 0.782. The van der Waals surface area contributed by atoms with E-state index in [4.69, 9.17) is 5.73 Å². The molecule has 0 bridgehead atoms. The molecule has 1 aromatic rings. The maximum Gasteiger partial charge on any atom is 0.332 e. The summed E-state index contributed by atoms with van der Waals surface area (Å²) in [5.74, 6) is 0.281. The van der Waals surface area contributed by atoms with Crippen molar-refractivity contribution in [3.05, 3.63) is 15.8 Å². The van der Waals surface area contributed by atoms with Crippen molar-refractivity contribution in [3.8, 4) is 0 Å². The number of hydrogen-bond acceptors (Lipinski definition) is 7. The third kappa shape index (κ3) is 3.08. The van der Waals surface area contributed by atoms with Gasteiger partial charge in [0.15, 0.2) is 0 Å². The number of anilines is 2. The molecule has 19 heavy (non-hydrogen) atoms. The number of aryl methyl sites for hydroxylation is 1. The van der Waals surface area contributed by atoms with Crippen LogP contribution in [0.4, 0.5) is 17.5 Å². The number of nitrogens with one attached hydrogen (secondary N) is 1. The summed E-state index contributed by atoms with van der Waals surface area (Å²) >= 11 is 0. The molecule has 3 N–H and O–H groups in total. The third-order valence-electron chi connectivity index (χ3n) is 3.32. The second-order valence-electron chi connectivity index (χ2n) is 4.84. The summed E-state index contributed by atoms with van der Waals surface area (Å²) in [4.78, 5) is 20.7. The van der Waals surface area contributed by atoms with Gasteiger partial charge in [-0.05, 0) is 39.9 Å². The van der Waals surface area contributed by atoms with Gasteiger partial charge >= 0.3 is 5.69 Å². The Morgan fingerprint density at radius 2 is 2.05 bits per heavy atom. The van der Waals surface area contributed by atoms with Crippen molar-refractivity contribution in [2.75, 3.05) is 31.2 Å². The van der Waals surface area contributed by atoms with Gasteiger partial charge in [0.2, 0.25) is 11.8 Å². The molecule has 0 radical (unpaired) electrons. The summed E-state index contributed by atoms with van der Waals surface area (Å²) in [6.45, 7) is 3.49. The third-order valence-corrected chi connectivity index (χ3v) is 3.32. The Kier molecular flexibility index (Phi) is 3.79. The van der Waals surface area contributed by atoms with Crippen LogP contribution in [-0.4, -0.2) is 46.0 Å². The van der Waals surface area contributed by atoms with Crippen LogP contribution in [0.3, 0.4) is 0 Å². The lowest BCUT2D eigenvalue weighted by atomic mass is 10.1. The van der Waals surface area contributed by atoms with Crippen molar-refractivity contribution in [2.45, 2.75) is 25.8 Å². The molecule has 1 saturated heterocycles. The van der Waals surface area contributed by atoms with Crippen molar-refractivity contribution in [1.29, 1.82) is 0 Å². The molecule has 1 aliphatic heterocycles. The molecule has 2 rings (SSSR count). The summed E-state index contributed by atoms with van der Waals surface area (Å²) < 4.78 is 0. The van der Waals surface area contributed by atoms with Crippen LogP contribution < -0.4 is 11.1 Å². The lowest BCUT2D eigenvalue weighted by Crippen LogP contribution is -2.37. The maximum absolute atomic E-state index is 11.1. The number of nitrogens with two attached hydrogens (primary N) is 1. The first kappa shape index (κ1) is 13.5. The number of nitrogen functional groups attached to an aromatic ring is 1. The molecule has 1 aromatic heterocycles. The minimum absolute atomic E-state index is 0.0542. The van der Waals surface area contributed by atoms with Crippen LogP contribution >= 0.6 is 0 Å². The predicted molar refractivity (Wildman–Crippen MR) is 72.0 cm³/mol. The molecule has 0 unspecified atom stereocenters. The highest BCUT2D eigenvalue weighted by Gasteiger charge is 2.25.